The molecule has 1 heterocycles. The van der Waals surface area contributed by atoms with Gasteiger partial charge in [-0.25, -0.2) is 0 Å². The van der Waals surface area contributed by atoms with Gasteiger partial charge in [-0.05, 0) is 46.3 Å². The maximum absolute atomic E-state index is 5.35. The minimum Gasteiger partial charge on any atom is -0.493 e. The van der Waals surface area contributed by atoms with Crippen LogP contribution in [0, 0.1) is 0 Å². The second-order valence-electron chi connectivity index (χ2n) is 4.47. The van der Waals surface area contributed by atoms with E-state index in [2.05, 4.69) is 26.1 Å². The molecular weight excluding hydrogens is 348 g/mol. The van der Waals surface area contributed by atoms with Crippen LogP contribution in [0.3, 0.4) is 0 Å². The van der Waals surface area contributed by atoms with Crippen molar-refractivity contribution in [3.63, 3.8) is 0 Å². The molecule has 0 fully saturated rings. The number of hydrogen-bond donors (Lipinski definition) is 0. The van der Waals surface area contributed by atoms with E-state index in [9.17, 15) is 0 Å². The van der Waals surface area contributed by atoms with E-state index in [1.165, 1.54) is 0 Å². The summed E-state index contributed by atoms with van der Waals surface area (Å²) in [5.41, 5.74) is 1.64. The second kappa shape index (κ2) is 6.19. The zero-order valence-corrected chi connectivity index (χ0v) is 13.6. The summed E-state index contributed by atoms with van der Waals surface area (Å²) in [4.78, 5) is 4.44. The molecule has 3 rings (SSSR count). The van der Waals surface area contributed by atoms with Gasteiger partial charge in [-0.3, -0.25) is 0 Å². The van der Waals surface area contributed by atoms with E-state index in [0.717, 1.165) is 15.6 Å². The zero-order valence-electron chi connectivity index (χ0n) is 12.0. The molecule has 0 saturated heterocycles. The Morgan fingerprint density at radius 1 is 1.00 bits per heavy atom. The highest BCUT2D eigenvalue weighted by molar-refractivity contribution is 9.10. The third-order valence-electron chi connectivity index (χ3n) is 3.17. The Kier molecular flexibility index (Phi) is 4.11. The Morgan fingerprint density at radius 3 is 2.50 bits per heavy atom. The number of benzene rings is 2. The standard InChI is InChI=1S/C16H13BrN2O3/c1-20-13-8-7-10(9-14(13)21-2)15-18-16(22-19-15)11-5-3-4-6-12(11)17/h3-9H,1-2H3. The van der Waals surface area contributed by atoms with Gasteiger partial charge in [0, 0.05) is 10.0 Å². The van der Waals surface area contributed by atoms with Crippen LogP contribution < -0.4 is 9.47 Å². The van der Waals surface area contributed by atoms with Gasteiger partial charge in [0.05, 0.1) is 19.8 Å². The van der Waals surface area contributed by atoms with Gasteiger partial charge in [0.2, 0.25) is 5.82 Å². The summed E-state index contributed by atoms with van der Waals surface area (Å²) in [5, 5.41) is 4.03. The molecule has 1 aromatic heterocycles. The van der Waals surface area contributed by atoms with Gasteiger partial charge in [0.1, 0.15) is 0 Å². The molecule has 112 valence electrons. The van der Waals surface area contributed by atoms with Crippen molar-refractivity contribution in [1.82, 2.24) is 10.1 Å². The fourth-order valence-electron chi connectivity index (χ4n) is 2.06. The van der Waals surface area contributed by atoms with Gasteiger partial charge in [-0.2, -0.15) is 4.98 Å². The normalized spacial score (nSPS) is 10.5. The number of rotatable bonds is 4. The average molecular weight is 361 g/mol. The monoisotopic (exact) mass is 360 g/mol. The van der Waals surface area contributed by atoms with Crippen molar-refractivity contribution in [2.24, 2.45) is 0 Å². The van der Waals surface area contributed by atoms with Crippen LogP contribution in [0.4, 0.5) is 0 Å². The first-order valence-electron chi connectivity index (χ1n) is 6.54. The molecule has 22 heavy (non-hydrogen) atoms. The highest BCUT2D eigenvalue weighted by Gasteiger charge is 2.14. The lowest BCUT2D eigenvalue weighted by atomic mass is 10.2. The number of halogens is 1. The van der Waals surface area contributed by atoms with Gasteiger partial charge in [0.15, 0.2) is 11.5 Å². The maximum atomic E-state index is 5.35. The topological polar surface area (TPSA) is 57.4 Å². The molecule has 3 aromatic rings. The van der Waals surface area contributed by atoms with E-state index in [-0.39, 0.29) is 0 Å². The van der Waals surface area contributed by atoms with Crippen molar-refractivity contribution in [3.8, 4) is 34.3 Å². The number of methoxy groups -OCH3 is 2. The Bertz CT molecular complexity index is 802. The Balaban J connectivity index is 1.99. The molecule has 0 bridgehead atoms. The maximum Gasteiger partial charge on any atom is 0.259 e. The Labute approximate surface area is 136 Å². The van der Waals surface area contributed by atoms with Crippen LogP contribution in [0.1, 0.15) is 0 Å². The predicted molar refractivity (Wildman–Crippen MR) is 86.0 cm³/mol. The van der Waals surface area contributed by atoms with Crippen LogP contribution in [0.5, 0.6) is 11.5 Å². The van der Waals surface area contributed by atoms with Crippen molar-refractivity contribution in [3.05, 3.63) is 46.9 Å². The first kappa shape index (κ1) is 14.6. The third kappa shape index (κ3) is 2.69. The minimum absolute atomic E-state index is 0.456. The van der Waals surface area contributed by atoms with E-state index >= 15 is 0 Å². The summed E-state index contributed by atoms with van der Waals surface area (Å²) < 4.78 is 16.8. The smallest absolute Gasteiger partial charge is 0.259 e. The van der Waals surface area contributed by atoms with Crippen LogP contribution in [-0.2, 0) is 0 Å². The fraction of sp³-hybridized carbons (Fsp3) is 0.125. The molecule has 0 atom stereocenters. The molecule has 0 N–H and O–H groups in total. The Morgan fingerprint density at radius 2 is 1.77 bits per heavy atom. The van der Waals surface area contributed by atoms with E-state index in [0.29, 0.717) is 23.2 Å². The lowest BCUT2D eigenvalue weighted by Crippen LogP contribution is -1.91. The number of aromatic nitrogens is 2. The van der Waals surface area contributed by atoms with Crippen molar-refractivity contribution >= 4 is 15.9 Å². The number of hydrogen-bond acceptors (Lipinski definition) is 5. The summed E-state index contributed by atoms with van der Waals surface area (Å²) in [5.74, 6) is 2.22. The summed E-state index contributed by atoms with van der Waals surface area (Å²) in [7, 11) is 3.18. The molecule has 2 aromatic carbocycles. The fourth-order valence-corrected chi connectivity index (χ4v) is 2.51. The van der Waals surface area contributed by atoms with Crippen LogP contribution in [0.2, 0.25) is 0 Å². The van der Waals surface area contributed by atoms with Gasteiger partial charge >= 0.3 is 0 Å². The first-order chi connectivity index (χ1) is 10.7. The van der Waals surface area contributed by atoms with Gasteiger partial charge < -0.3 is 14.0 Å². The highest BCUT2D eigenvalue weighted by Crippen LogP contribution is 2.33. The highest BCUT2D eigenvalue weighted by atomic mass is 79.9. The van der Waals surface area contributed by atoms with Gasteiger partial charge in [-0.1, -0.05) is 17.3 Å². The van der Waals surface area contributed by atoms with Crippen molar-refractivity contribution < 1.29 is 14.0 Å². The molecule has 0 aliphatic rings. The lowest BCUT2D eigenvalue weighted by Gasteiger charge is -2.07. The zero-order chi connectivity index (χ0) is 15.5. The molecule has 0 unspecified atom stereocenters. The first-order valence-corrected chi connectivity index (χ1v) is 7.33. The summed E-state index contributed by atoms with van der Waals surface area (Å²) in [6.45, 7) is 0. The molecular formula is C16H13BrN2O3. The SMILES string of the molecule is COc1ccc(-c2noc(-c3ccccc3Br)n2)cc1OC. The second-order valence-corrected chi connectivity index (χ2v) is 5.33. The number of ether oxygens (including phenoxy) is 2. The molecule has 6 heteroatoms. The minimum atomic E-state index is 0.456. The van der Waals surface area contributed by atoms with Crippen molar-refractivity contribution in [2.45, 2.75) is 0 Å². The molecule has 0 aliphatic carbocycles. The third-order valence-corrected chi connectivity index (χ3v) is 3.86. The predicted octanol–water partition coefficient (Wildman–Crippen LogP) is 4.18. The van der Waals surface area contributed by atoms with Crippen molar-refractivity contribution in [2.75, 3.05) is 14.2 Å². The summed E-state index contributed by atoms with van der Waals surface area (Å²) >= 11 is 3.48. The summed E-state index contributed by atoms with van der Waals surface area (Å²) in [6.07, 6.45) is 0. The molecule has 0 saturated carbocycles. The average Bonchev–Trinajstić information content (AvgIpc) is 3.04. The molecule has 0 amide bonds. The van der Waals surface area contributed by atoms with Gasteiger partial charge in [0.25, 0.3) is 5.89 Å². The van der Waals surface area contributed by atoms with Crippen LogP contribution in [-0.4, -0.2) is 24.4 Å². The molecule has 0 spiro atoms. The largest absolute Gasteiger partial charge is 0.493 e. The van der Waals surface area contributed by atoms with E-state index in [1.54, 1.807) is 14.2 Å². The molecule has 5 nitrogen and oxygen atoms in total. The number of nitrogens with zero attached hydrogens (tertiary/aromatic N) is 2. The molecule has 0 radical (unpaired) electrons. The van der Waals surface area contributed by atoms with Crippen LogP contribution in [0.25, 0.3) is 22.8 Å². The van der Waals surface area contributed by atoms with Gasteiger partial charge in [-0.15, -0.1) is 0 Å². The Hall–Kier alpha value is -2.34. The van der Waals surface area contributed by atoms with E-state index < -0.39 is 0 Å². The quantitative estimate of drug-likeness (QED) is 0.698. The lowest BCUT2D eigenvalue weighted by molar-refractivity contribution is 0.355. The van der Waals surface area contributed by atoms with E-state index in [1.807, 2.05) is 42.5 Å². The van der Waals surface area contributed by atoms with Crippen LogP contribution in [0.15, 0.2) is 51.5 Å². The summed E-state index contributed by atoms with van der Waals surface area (Å²) in [6, 6.07) is 13.2. The molecule has 0 aliphatic heterocycles. The van der Waals surface area contributed by atoms with Crippen LogP contribution >= 0.6 is 15.9 Å². The van der Waals surface area contributed by atoms with Crippen molar-refractivity contribution in [1.29, 1.82) is 0 Å². The van der Waals surface area contributed by atoms with E-state index in [4.69, 9.17) is 14.0 Å².